The van der Waals surface area contributed by atoms with Crippen LogP contribution in [0.15, 0.2) is 78.9 Å². The topological polar surface area (TPSA) is 50.3 Å². The first kappa shape index (κ1) is 22.7. The lowest BCUT2D eigenvalue weighted by Gasteiger charge is -2.11. The summed E-state index contributed by atoms with van der Waals surface area (Å²) in [6, 6.07) is 28.1. The molecule has 2 heterocycles. The van der Waals surface area contributed by atoms with Gasteiger partial charge in [0.15, 0.2) is 5.65 Å². The Kier molecular flexibility index (Phi) is 6.52. The summed E-state index contributed by atoms with van der Waals surface area (Å²) in [6.45, 7) is 2.87. The molecule has 4 nitrogen and oxygen atoms in total. The van der Waals surface area contributed by atoms with E-state index in [1.165, 1.54) is 0 Å². The maximum atomic E-state index is 10.1. The van der Waals surface area contributed by atoms with E-state index in [4.69, 9.17) is 21.3 Å². The van der Waals surface area contributed by atoms with Crippen LogP contribution in [0, 0.1) is 11.3 Å². The van der Waals surface area contributed by atoms with Gasteiger partial charge < -0.3 is 4.74 Å². The molecule has 0 radical (unpaired) electrons. The van der Waals surface area contributed by atoms with Crippen LogP contribution in [0.25, 0.3) is 40.1 Å². The fourth-order valence-corrected chi connectivity index (χ4v) is 4.25. The van der Waals surface area contributed by atoms with Crippen LogP contribution in [0.2, 0.25) is 5.02 Å². The molecule has 5 rings (SSSR count). The third kappa shape index (κ3) is 4.64. The fraction of sp³-hybridized carbons (Fsp3) is 0.133. The maximum Gasteiger partial charge on any atom is 0.157 e. The predicted molar refractivity (Wildman–Crippen MR) is 144 cm³/mol. The molecule has 35 heavy (non-hydrogen) atoms. The van der Waals surface area contributed by atoms with Crippen LogP contribution >= 0.6 is 11.6 Å². The number of ether oxygens (including phenoxy) is 1. The maximum absolute atomic E-state index is 10.1. The molecule has 0 aliphatic rings. The second-order valence-corrected chi connectivity index (χ2v) is 8.78. The van der Waals surface area contributed by atoms with E-state index in [2.05, 4.69) is 17.4 Å². The molecule has 0 fully saturated rings. The van der Waals surface area contributed by atoms with Crippen molar-refractivity contribution in [3.8, 4) is 23.1 Å². The second-order valence-electron chi connectivity index (χ2n) is 8.34. The lowest BCUT2D eigenvalue weighted by molar-refractivity contribution is 0.309. The van der Waals surface area contributed by atoms with Gasteiger partial charge in [0.1, 0.15) is 17.4 Å². The van der Waals surface area contributed by atoms with Gasteiger partial charge in [-0.3, -0.25) is 4.40 Å². The lowest BCUT2D eigenvalue weighted by Crippen LogP contribution is -1.98. The number of hydrogen-bond donors (Lipinski definition) is 0. The molecule has 0 bridgehead atoms. The molecule has 0 saturated heterocycles. The quantitative estimate of drug-likeness (QED) is 0.223. The summed E-state index contributed by atoms with van der Waals surface area (Å²) >= 11 is 6.15. The molecular weight excluding hydrogens is 454 g/mol. The van der Waals surface area contributed by atoms with E-state index in [1.807, 2.05) is 91.0 Å². The van der Waals surface area contributed by atoms with Crippen LogP contribution in [0.1, 0.15) is 36.5 Å². The van der Waals surface area contributed by atoms with E-state index in [0.29, 0.717) is 16.2 Å². The van der Waals surface area contributed by atoms with Crippen molar-refractivity contribution in [2.24, 2.45) is 0 Å². The molecule has 3 aromatic carbocycles. The van der Waals surface area contributed by atoms with E-state index >= 15 is 0 Å². The minimum atomic E-state index is 0.537. The number of fused-ring (bicyclic) bond motifs is 3. The minimum Gasteiger partial charge on any atom is -0.494 e. The smallest absolute Gasteiger partial charge is 0.157 e. The number of rotatable bonds is 7. The van der Waals surface area contributed by atoms with Gasteiger partial charge in [0.2, 0.25) is 0 Å². The first-order valence-electron chi connectivity index (χ1n) is 11.7. The van der Waals surface area contributed by atoms with Crippen molar-refractivity contribution < 1.29 is 4.74 Å². The summed E-state index contributed by atoms with van der Waals surface area (Å²) in [5, 5.41) is 10.8. The van der Waals surface area contributed by atoms with Crippen molar-refractivity contribution in [3.63, 3.8) is 0 Å². The number of nitriles is 1. The third-order valence-corrected chi connectivity index (χ3v) is 6.21. The third-order valence-electron chi connectivity index (χ3n) is 5.96. The van der Waals surface area contributed by atoms with Crippen molar-refractivity contribution in [1.29, 1.82) is 5.26 Å². The van der Waals surface area contributed by atoms with Gasteiger partial charge >= 0.3 is 0 Å². The van der Waals surface area contributed by atoms with E-state index in [-0.39, 0.29) is 0 Å². The Morgan fingerprint density at radius 2 is 1.77 bits per heavy atom. The van der Waals surface area contributed by atoms with Crippen LogP contribution in [-0.2, 0) is 0 Å². The van der Waals surface area contributed by atoms with Gasteiger partial charge in [-0.25, -0.2) is 4.98 Å². The number of imidazole rings is 1. The Bertz CT molecular complexity index is 1560. The molecule has 0 spiro atoms. The zero-order valence-electron chi connectivity index (χ0n) is 19.4. The second kappa shape index (κ2) is 10.0. The Morgan fingerprint density at radius 1 is 1.00 bits per heavy atom. The van der Waals surface area contributed by atoms with Crippen molar-refractivity contribution >= 4 is 40.4 Å². The monoisotopic (exact) mass is 477 g/mol. The first-order chi connectivity index (χ1) is 17.2. The summed E-state index contributed by atoms with van der Waals surface area (Å²) in [5.41, 5.74) is 6.76. The molecule has 5 heteroatoms. The predicted octanol–water partition coefficient (Wildman–Crippen LogP) is 8.03. The van der Waals surface area contributed by atoms with Crippen LogP contribution in [0.4, 0.5) is 0 Å². The fourth-order valence-electron chi connectivity index (χ4n) is 4.13. The molecule has 0 unspecified atom stereocenters. The zero-order valence-corrected chi connectivity index (χ0v) is 20.2. The highest BCUT2D eigenvalue weighted by Gasteiger charge is 2.17. The van der Waals surface area contributed by atoms with Crippen molar-refractivity contribution in [3.05, 3.63) is 101 Å². The molecule has 0 aliphatic heterocycles. The minimum absolute atomic E-state index is 0.537. The summed E-state index contributed by atoms with van der Waals surface area (Å²) < 4.78 is 7.82. The van der Waals surface area contributed by atoms with E-state index in [0.717, 1.165) is 58.6 Å². The lowest BCUT2D eigenvalue weighted by atomic mass is 10.0. The standard InChI is InChI=1S/C30H24ClN3O/c1-2-3-18-35-25-16-9-21(10-17-25)8-11-23-19-29(22-12-14-24(31)15-13-22)34-28-7-5-4-6-27(28)33-30(34)26(23)20-32/h4-17,19H,2-3,18H2,1H3/b11-8+. The van der Waals surface area contributed by atoms with E-state index < -0.39 is 0 Å². The van der Waals surface area contributed by atoms with Crippen molar-refractivity contribution in [2.75, 3.05) is 6.61 Å². The Hall–Kier alpha value is -4.07. The zero-order chi connectivity index (χ0) is 24.2. The van der Waals surface area contributed by atoms with Gasteiger partial charge in [0.25, 0.3) is 0 Å². The van der Waals surface area contributed by atoms with Crippen LogP contribution in [0.3, 0.4) is 0 Å². The highest BCUT2D eigenvalue weighted by molar-refractivity contribution is 6.30. The summed E-state index contributed by atoms with van der Waals surface area (Å²) in [7, 11) is 0. The Labute approximate surface area is 209 Å². The van der Waals surface area contributed by atoms with Crippen LogP contribution in [-0.4, -0.2) is 16.0 Å². The molecule has 0 amide bonds. The SMILES string of the molecule is CCCCOc1ccc(/C=C/c2cc(-c3ccc(Cl)cc3)n3c(nc4ccccc43)c2C#N)cc1. The highest BCUT2D eigenvalue weighted by Crippen LogP contribution is 2.31. The van der Waals surface area contributed by atoms with Gasteiger partial charge in [-0.2, -0.15) is 5.26 Å². The van der Waals surface area contributed by atoms with Gasteiger partial charge in [-0.15, -0.1) is 0 Å². The molecule has 172 valence electrons. The van der Waals surface area contributed by atoms with Crippen molar-refractivity contribution in [2.45, 2.75) is 19.8 Å². The largest absolute Gasteiger partial charge is 0.494 e. The highest BCUT2D eigenvalue weighted by atomic mass is 35.5. The number of hydrogen-bond acceptors (Lipinski definition) is 3. The molecular formula is C30H24ClN3O. The molecule has 5 aromatic rings. The van der Waals surface area contributed by atoms with Gasteiger partial charge in [0, 0.05) is 5.02 Å². The van der Waals surface area contributed by atoms with E-state index in [9.17, 15) is 5.26 Å². The first-order valence-corrected chi connectivity index (χ1v) is 12.1. The van der Waals surface area contributed by atoms with Gasteiger partial charge in [0.05, 0.1) is 23.3 Å². The average molecular weight is 478 g/mol. The number of para-hydroxylation sites is 2. The average Bonchev–Trinajstić information content (AvgIpc) is 3.28. The van der Waals surface area contributed by atoms with Crippen molar-refractivity contribution in [1.82, 2.24) is 9.38 Å². The normalized spacial score (nSPS) is 11.3. The number of aromatic nitrogens is 2. The number of unbranched alkanes of at least 4 members (excludes halogenated alkanes) is 1. The Morgan fingerprint density at radius 3 is 2.51 bits per heavy atom. The number of pyridine rings is 1. The number of halogens is 1. The van der Waals surface area contributed by atoms with Crippen LogP contribution < -0.4 is 4.74 Å². The molecule has 2 aromatic heterocycles. The van der Waals surface area contributed by atoms with Gasteiger partial charge in [-0.05, 0) is 65.6 Å². The summed E-state index contributed by atoms with van der Waals surface area (Å²) in [4.78, 5) is 4.82. The summed E-state index contributed by atoms with van der Waals surface area (Å²) in [5.74, 6) is 0.865. The number of benzene rings is 3. The Balaban J connectivity index is 1.61. The molecule has 0 saturated carbocycles. The number of nitrogens with zero attached hydrogens (tertiary/aromatic N) is 3. The summed E-state index contributed by atoms with van der Waals surface area (Å²) in [6.07, 6.45) is 6.14. The van der Waals surface area contributed by atoms with Crippen LogP contribution in [0.5, 0.6) is 5.75 Å². The van der Waals surface area contributed by atoms with E-state index in [1.54, 1.807) is 0 Å². The molecule has 0 atom stereocenters. The molecule has 0 aliphatic carbocycles. The molecule has 0 N–H and O–H groups in total. The van der Waals surface area contributed by atoms with Gasteiger partial charge in [-0.1, -0.05) is 73.5 Å².